The van der Waals surface area contributed by atoms with Crippen molar-refractivity contribution < 1.29 is 0 Å². The van der Waals surface area contributed by atoms with E-state index in [9.17, 15) is 0 Å². The van der Waals surface area contributed by atoms with Gasteiger partial charge < -0.3 is 5.32 Å². The number of hydrogen-bond acceptors (Lipinski definition) is 4. The fraction of sp³-hybridized carbons (Fsp3) is 0.667. The van der Waals surface area contributed by atoms with Gasteiger partial charge >= 0.3 is 0 Å². The lowest BCUT2D eigenvalue weighted by molar-refractivity contribution is 0.159. The van der Waals surface area contributed by atoms with Crippen LogP contribution >= 0.6 is 0 Å². The van der Waals surface area contributed by atoms with Crippen molar-refractivity contribution in [3.63, 3.8) is 0 Å². The van der Waals surface area contributed by atoms with Gasteiger partial charge in [0.1, 0.15) is 0 Å². The molecule has 2 unspecified atom stereocenters. The van der Waals surface area contributed by atoms with E-state index >= 15 is 0 Å². The van der Waals surface area contributed by atoms with Crippen LogP contribution in [0.2, 0.25) is 0 Å². The Kier molecular flexibility index (Phi) is 3.85. The lowest BCUT2D eigenvalue weighted by Crippen LogP contribution is -2.38. The molecule has 1 aromatic rings. The first-order chi connectivity index (χ1) is 7.83. The largest absolute Gasteiger partial charge is 0.315 e. The van der Waals surface area contributed by atoms with E-state index in [1.54, 1.807) is 12.4 Å². The van der Waals surface area contributed by atoms with Gasteiger partial charge in [-0.2, -0.15) is 0 Å². The van der Waals surface area contributed by atoms with Crippen molar-refractivity contribution in [2.45, 2.75) is 32.4 Å². The SMILES string of the molecule is CCN(C1CCNC1)C(C)c1cnccn1. The minimum absolute atomic E-state index is 0.351. The second-order valence-corrected chi connectivity index (χ2v) is 4.28. The normalized spacial score (nSPS) is 22.6. The molecule has 88 valence electrons. The van der Waals surface area contributed by atoms with Crippen molar-refractivity contribution in [3.8, 4) is 0 Å². The summed E-state index contributed by atoms with van der Waals surface area (Å²) in [4.78, 5) is 11.0. The van der Waals surface area contributed by atoms with Crippen molar-refractivity contribution in [2.75, 3.05) is 19.6 Å². The van der Waals surface area contributed by atoms with E-state index in [0.717, 1.165) is 25.3 Å². The Hall–Kier alpha value is -1.00. The lowest BCUT2D eigenvalue weighted by atomic mass is 10.1. The third-order valence-electron chi connectivity index (χ3n) is 3.38. The van der Waals surface area contributed by atoms with Crippen LogP contribution in [0.5, 0.6) is 0 Å². The molecule has 1 saturated heterocycles. The average molecular weight is 220 g/mol. The van der Waals surface area contributed by atoms with Gasteiger partial charge in [-0.3, -0.25) is 14.9 Å². The molecule has 2 atom stereocenters. The molecule has 1 N–H and O–H groups in total. The zero-order valence-electron chi connectivity index (χ0n) is 10.1. The Labute approximate surface area is 97.1 Å². The van der Waals surface area contributed by atoms with Gasteiger partial charge in [-0.15, -0.1) is 0 Å². The first-order valence-corrected chi connectivity index (χ1v) is 6.05. The first kappa shape index (κ1) is 11.5. The smallest absolute Gasteiger partial charge is 0.0755 e. The number of likely N-dealkylation sites (N-methyl/N-ethyl adjacent to an activating group) is 1. The van der Waals surface area contributed by atoms with E-state index in [1.807, 2.05) is 6.20 Å². The van der Waals surface area contributed by atoms with Crippen molar-refractivity contribution in [1.82, 2.24) is 20.2 Å². The molecule has 0 aliphatic carbocycles. The van der Waals surface area contributed by atoms with E-state index in [0.29, 0.717) is 12.1 Å². The number of rotatable bonds is 4. The maximum Gasteiger partial charge on any atom is 0.0755 e. The van der Waals surface area contributed by atoms with Gasteiger partial charge in [0.15, 0.2) is 0 Å². The van der Waals surface area contributed by atoms with E-state index in [1.165, 1.54) is 6.42 Å². The molecule has 0 saturated carbocycles. The molecule has 1 aliphatic heterocycles. The van der Waals surface area contributed by atoms with Crippen LogP contribution in [0.3, 0.4) is 0 Å². The summed E-state index contributed by atoms with van der Waals surface area (Å²) < 4.78 is 0. The molecular weight excluding hydrogens is 200 g/mol. The molecule has 0 radical (unpaired) electrons. The minimum Gasteiger partial charge on any atom is -0.315 e. The Balaban J connectivity index is 2.08. The summed E-state index contributed by atoms with van der Waals surface area (Å²) in [5.74, 6) is 0. The van der Waals surface area contributed by atoms with Crippen molar-refractivity contribution in [1.29, 1.82) is 0 Å². The zero-order valence-corrected chi connectivity index (χ0v) is 10.1. The van der Waals surface area contributed by atoms with E-state index in [4.69, 9.17) is 0 Å². The molecule has 2 rings (SSSR count). The van der Waals surface area contributed by atoms with Gasteiger partial charge in [0.2, 0.25) is 0 Å². The fourth-order valence-corrected chi connectivity index (χ4v) is 2.47. The van der Waals surface area contributed by atoms with Crippen molar-refractivity contribution in [3.05, 3.63) is 24.3 Å². The first-order valence-electron chi connectivity index (χ1n) is 6.05. The van der Waals surface area contributed by atoms with Crippen molar-refractivity contribution in [2.24, 2.45) is 0 Å². The van der Waals surface area contributed by atoms with Crippen LogP contribution in [0, 0.1) is 0 Å². The summed E-state index contributed by atoms with van der Waals surface area (Å²) in [6.07, 6.45) is 6.60. The molecule has 1 aromatic heterocycles. The lowest BCUT2D eigenvalue weighted by Gasteiger charge is -2.32. The topological polar surface area (TPSA) is 41.0 Å². The highest BCUT2D eigenvalue weighted by molar-refractivity contribution is 5.02. The molecule has 4 nitrogen and oxygen atoms in total. The Morgan fingerprint density at radius 1 is 1.56 bits per heavy atom. The van der Waals surface area contributed by atoms with Gasteiger partial charge in [0.05, 0.1) is 11.7 Å². The van der Waals surface area contributed by atoms with Gasteiger partial charge in [0.25, 0.3) is 0 Å². The van der Waals surface area contributed by atoms with Crippen LogP contribution in [0.25, 0.3) is 0 Å². The quantitative estimate of drug-likeness (QED) is 0.828. The standard InChI is InChI=1S/C12H20N4/c1-3-16(11-4-5-13-8-11)10(2)12-9-14-6-7-15-12/h6-7,9-11,13H,3-5,8H2,1-2H3. The van der Waals surface area contributed by atoms with Gasteiger partial charge in [0, 0.05) is 31.2 Å². The maximum atomic E-state index is 4.39. The van der Waals surface area contributed by atoms with Crippen LogP contribution in [-0.4, -0.2) is 40.5 Å². The highest BCUT2D eigenvalue weighted by Crippen LogP contribution is 2.22. The minimum atomic E-state index is 0.351. The van der Waals surface area contributed by atoms with Crippen LogP contribution in [0.15, 0.2) is 18.6 Å². The molecule has 16 heavy (non-hydrogen) atoms. The molecule has 0 spiro atoms. The number of nitrogens with zero attached hydrogens (tertiary/aromatic N) is 3. The predicted molar refractivity (Wildman–Crippen MR) is 64.1 cm³/mol. The monoisotopic (exact) mass is 220 g/mol. The molecule has 2 heterocycles. The molecule has 0 aromatic carbocycles. The molecule has 0 bridgehead atoms. The second kappa shape index (κ2) is 5.37. The number of nitrogens with one attached hydrogen (secondary N) is 1. The molecule has 4 heteroatoms. The maximum absolute atomic E-state index is 4.39. The molecule has 0 amide bonds. The van der Waals surface area contributed by atoms with Crippen LogP contribution < -0.4 is 5.32 Å². The Bertz CT molecular complexity index is 308. The third-order valence-corrected chi connectivity index (χ3v) is 3.38. The summed E-state index contributed by atoms with van der Waals surface area (Å²) in [7, 11) is 0. The highest BCUT2D eigenvalue weighted by atomic mass is 15.2. The summed E-state index contributed by atoms with van der Waals surface area (Å²) >= 11 is 0. The fourth-order valence-electron chi connectivity index (χ4n) is 2.47. The number of hydrogen-bond donors (Lipinski definition) is 1. The van der Waals surface area contributed by atoms with Gasteiger partial charge in [-0.05, 0) is 26.4 Å². The highest BCUT2D eigenvalue weighted by Gasteiger charge is 2.26. The Morgan fingerprint density at radius 3 is 3.00 bits per heavy atom. The summed E-state index contributed by atoms with van der Waals surface area (Å²) in [6, 6.07) is 0.991. The van der Waals surface area contributed by atoms with E-state index in [-0.39, 0.29) is 0 Å². The third kappa shape index (κ3) is 2.39. The molecular formula is C12H20N4. The predicted octanol–water partition coefficient (Wildman–Crippen LogP) is 1.22. The zero-order chi connectivity index (χ0) is 11.4. The van der Waals surface area contributed by atoms with Crippen molar-refractivity contribution >= 4 is 0 Å². The second-order valence-electron chi connectivity index (χ2n) is 4.28. The van der Waals surface area contributed by atoms with Crippen LogP contribution in [0.4, 0.5) is 0 Å². The molecule has 1 aliphatic rings. The molecule has 1 fully saturated rings. The number of aromatic nitrogens is 2. The van der Waals surface area contributed by atoms with E-state index < -0.39 is 0 Å². The Morgan fingerprint density at radius 2 is 2.44 bits per heavy atom. The summed E-state index contributed by atoms with van der Waals surface area (Å²) in [6.45, 7) is 7.72. The van der Waals surface area contributed by atoms with E-state index in [2.05, 4.69) is 34.0 Å². The average Bonchev–Trinajstić information content (AvgIpc) is 2.85. The van der Waals surface area contributed by atoms with Gasteiger partial charge in [-0.1, -0.05) is 6.92 Å². The summed E-state index contributed by atoms with van der Waals surface area (Å²) in [5.41, 5.74) is 1.07. The van der Waals surface area contributed by atoms with Gasteiger partial charge in [-0.25, -0.2) is 0 Å². The van der Waals surface area contributed by atoms with Crippen LogP contribution in [-0.2, 0) is 0 Å². The van der Waals surface area contributed by atoms with Crippen LogP contribution in [0.1, 0.15) is 32.0 Å². The summed E-state index contributed by atoms with van der Waals surface area (Å²) in [5, 5.41) is 3.42.